The summed E-state index contributed by atoms with van der Waals surface area (Å²) < 4.78 is 63.3. The Kier molecular flexibility index (Phi) is 4.06. The first kappa shape index (κ1) is 16.2. The van der Waals surface area contributed by atoms with Crippen molar-refractivity contribution in [2.45, 2.75) is 11.3 Å². The van der Waals surface area contributed by atoms with Crippen LogP contribution in [0.25, 0.3) is 11.1 Å². The average Bonchev–Trinajstić information content (AvgIpc) is 2.38. The van der Waals surface area contributed by atoms with E-state index in [1.54, 1.807) is 0 Å². The molecule has 0 atom stereocenters. The Hall–Kier alpha value is -2.22. The predicted molar refractivity (Wildman–Crippen MR) is 76.1 cm³/mol. The van der Waals surface area contributed by atoms with Gasteiger partial charge in [0.25, 0.3) is 0 Å². The second-order valence-electron chi connectivity index (χ2n) is 4.59. The van der Waals surface area contributed by atoms with Crippen LogP contribution < -0.4 is 10.5 Å². The van der Waals surface area contributed by atoms with Crippen molar-refractivity contribution >= 4 is 15.5 Å². The molecule has 118 valence electrons. The van der Waals surface area contributed by atoms with Crippen LogP contribution >= 0.6 is 0 Å². The third-order valence-electron chi connectivity index (χ3n) is 2.85. The van der Waals surface area contributed by atoms with E-state index in [-0.39, 0.29) is 10.6 Å². The number of nitrogen functional groups attached to an aromatic ring is 1. The van der Waals surface area contributed by atoms with Crippen molar-refractivity contribution in [1.82, 2.24) is 0 Å². The molecule has 0 spiro atoms. The van der Waals surface area contributed by atoms with Crippen molar-refractivity contribution in [2.24, 2.45) is 0 Å². The summed E-state index contributed by atoms with van der Waals surface area (Å²) in [5.74, 6) is -0.399. The van der Waals surface area contributed by atoms with Crippen molar-refractivity contribution in [3.63, 3.8) is 0 Å². The van der Waals surface area contributed by atoms with Crippen LogP contribution in [0.5, 0.6) is 5.75 Å². The van der Waals surface area contributed by atoms with Gasteiger partial charge < -0.3 is 10.5 Å². The Balaban J connectivity index is 2.41. The predicted octanol–water partition coefficient (Wildman–Crippen LogP) is 3.24. The zero-order valence-electron chi connectivity index (χ0n) is 11.4. The van der Waals surface area contributed by atoms with E-state index < -0.39 is 21.9 Å². The number of halogens is 3. The van der Waals surface area contributed by atoms with Crippen molar-refractivity contribution < 1.29 is 26.3 Å². The number of benzene rings is 2. The fourth-order valence-corrected chi connectivity index (χ4v) is 2.49. The average molecular weight is 331 g/mol. The highest BCUT2D eigenvalue weighted by Gasteiger charge is 2.31. The number of hydrogen-bond acceptors (Lipinski definition) is 4. The summed E-state index contributed by atoms with van der Waals surface area (Å²) in [6.07, 6.45) is -3.73. The second-order valence-corrected chi connectivity index (χ2v) is 6.61. The third-order valence-corrected chi connectivity index (χ3v) is 3.98. The molecule has 22 heavy (non-hydrogen) atoms. The van der Waals surface area contributed by atoms with Gasteiger partial charge in [-0.2, -0.15) is 0 Å². The van der Waals surface area contributed by atoms with Gasteiger partial charge in [0.05, 0.1) is 4.90 Å². The van der Waals surface area contributed by atoms with E-state index in [1.165, 1.54) is 30.3 Å². The van der Waals surface area contributed by atoms with Gasteiger partial charge in [0.1, 0.15) is 5.75 Å². The third kappa shape index (κ3) is 3.91. The second kappa shape index (κ2) is 5.53. The zero-order chi connectivity index (χ0) is 16.5. The van der Waals surface area contributed by atoms with E-state index in [0.717, 1.165) is 18.4 Å². The van der Waals surface area contributed by atoms with Crippen LogP contribution in [0.2, 0.25) is 0 Å². The first-order valence-corrected chi connectivity index (χ1v) is 7.91. The highest BCUT2D eigenvalue weighted by atomic mass is 32.2. The van der Waals surface area contributed by atoms with Gasteiger partial charge in [0.2, 0.25) is 0 Å². The standard InChI is InChI=1S/C14H12F3NO3S/c1-22(19,20)11-5-2-9(3-6-11)12-8-10(4-7-13(12)18)21-14(15,16)17/h2-8H,18H2,1H3. The van der Waals surface area contributed by atoms with Crippen molar-refractivity contribution in [3.8, 4) is 16.9 Å². The van der Waals surface area contributed by atoms with Crippen LogP contribution in [0.4, 0.5) is 18.9 Å². The summed E-state index contributed by atoms with van der Waals surface area (Å²) in [7, 11) is -3.35. The monoisotopic (exact) mass is 331 g/mol. The molecular weight excluding hydrogens is 319 g/mol. The molecule has 0 aliphatic carbocycles. The van der Waals surface area contributed by atoms with E-state index in [1.807, 2.05) is 0 Å². The molecule has 0 aromatic heterocycles. The number of hydrogen-bond donors (Lipinski definition) is 1. The summed E-state index contributed by atoms with van der Waals surface area (Å²) in [5, 5.41) is 0. The lowest BCUT2D eigenvalue weighted by atomic mass is 10.0. The van der Waals surface area contributed by atoms with Gasteiger partial charge in [-0.15, -0.1) is 13.2 Å². The maximum Gasteiger partial charge on any atom is 0.573 e. The smallest absolute Gasteiger partial charge is 0.406 e. The molecule has 2 aromatic rings. The van der Waals surface area contributed by atoms with Gasteiger partial charge in [-0.1, -0.05) is 12.1 Å². The molecule has 0 aliphatic heterocycles. The lowest BCUT2D eigenvalue weighted by molar-refractivity contribution is -0.274. The summed E-state index contributed by atoms with van der Waals surface area (Å²) in [5.41, 5.74) is 6.81. The molecule has 0 amide bonds. The molecule has 4 nitrogen and oxygen atoms in total. The highest BCUT2D eigenvalue weighted by Crippen LogP contribution is 2.32. The lowest BCUT2D eigenvalue weighted by Crippen LogP contribution is -2.17. The topological polar surface area (TPSA) is 69.4 Å². The minimum atomic E-state index is -4.80. The highest BCUT2D eigenvalue weighted by molar-refractivity contribution is 7.90. The Morgan fingerprint density at radius 3 is 2.14 bits per heavy atom. The minimum Gasteiger partial charge on any atom is -0.406 e. The minimum absolute atomic E-state index is 0.109. The van der Waals surface area contributed by atoms with E-state index >= 15 is 0 Å². The van der Waals surface area contributed by atoms with Gasteiger partial charge in [-0.3, -0.25) is 0 Å². The molecule has 2 aromatic carbocycles. The first-order valence-electron chi connectivity index (χ1n) is 6.02. The first-order chi connectivity index (χ1) is 10.1. The number of rotatable bonds is 3. The zero-order valence-corrected chi connectivity index (χ0v) is 12.2. The SMILES string of the molecule is CS(=O)(=O)c1ccc(-c2cc(OC(F)(F)F)ccc2N)cc1. The lowest BCUT2D eigenvalue weighted by Gasteiger charge is -2.12. The number of sulfone groups is 1. The maximum absolute atomic E-state index is 12.2. The van der Waals surface area contributed by atoms with Crippen LogP contribution in [0.1, 0.15) is 0 Å². The molecule has 0 heterocycles. The summed E-state index contributed by atoms with van der Waals surface area (Å²) in [6.45, 7) is 0. The number of alkyl halides is 3. The molecule has 0 unspecified atom stereocenters. The fraction of sp³-hybridized carbons (Fsp3) is 0.143. The van der Waals surface area contributed by atoms with Gasteiger partial charge in [-0.05, 0) is 35.9 Å². The normalized spacial score (nSPS) is 12.2. The van der Waals surface area contributed by atoms with Crippen LogP contribution in [-0.2, 0) is 9.84 Å². The molecular formula is C14H12F3NO3S. The Morgan fingerprint density at radius 1 is 1.05 bits per heavy atom. The van der Waals surface area contributed by atoms with Gasteiger partial charge in [0.15, 0.2) is 9.84 Å². The maximum atomic E-state index is 12.2. The van der Waals surface area contributed by atoms with E-state index in [9.17, 15) is 21.6 Å². The van der Waals surface area contributed by atoms with Crippen molar-refractivity contribution in [3.05, 3.63) is 42.5 Å². The molecule has 0 saturated carbocycles. The summed E-state index contributed by atoms with van der Waals surface area (Å²) >= 11 is 0. The number of nitrogens with two attached hydrogens (primary N) is 1. The number of anilines is 1. The van der Waals surface area contributed by atoms with Gasteiger partial charge >= 0.3 is 6.36 Å². The van der Waals surface area contributed by atoms with Crippen LogP contribution in [0, 0.1) is 0 Å². The molecule has 0 fully saturated rings. The van der Waals surface area contributed by atoms with Crippen LogP contribution in [0.3, 0.4) is 0 Å². The summed E-state index contributed by atoms with van der Waals surface area (Å²) in [6, 6.07) is 9.22. The molecule has 2 rings (SSSR count). The Labute approximate surface area is 125 Å². The number of ether oxygens (including phenoxy) is 1. The Morgan fingerprint density at radius 2 is 1.64 bits per heavy atom. The van der Waals surface area contributed by atoms with Crippen LogP contribution in [-0.4, -0.2) is 21.0 Å². The molecule has 2 N–H and O–H groups in total. The summed E-state index contributed by atoms with van der Waals surface area (Å²) in [4.78, 5) is 0.109. The molecule has 0 bridgehead atoms. The molecule has 0 aliphatic rings. The van der Waals surface area contributed by atoms with E-state index in [4.69, 9.17) is 5.73 Å². The van der Waals surface area contributed by atoms with E-state index in [0.29, 0.717) is 11.1 Å². The van der Waals surface area contributed by atoms with Crippen molar-refractivity contribution in [1.29, 1.82) is 0 Å². The van der Waals surface area contributed by atoms with Gasteiger partial charge in [0, 0.05) is 17.5 Å². The quantitative estimate of drug-likeness (QED) is 0.877. The largest absolute Gasteiger partial charge is 0.573 e. The van der Waals surface area contributed by atoms with Gasteiger partial charge in [-0.25, -0.2) is 8.42 Å². The van der Waals surface area contributed by atoms with E-state index in [2.05, 4.69) is 4.74 Å². The fourth-order valence-electron chi connectivity index (χ4n) is 1.86. The molecule has 0 saturated heterocycles. The molecule has 0 radical (unpaired) electrons. The molecule has 8 heteroatoms. The van der Waals surface area contributed by atoms with Crippen LogP contribution in [0.15, 0.2) is 47.4 Å². The van der Waals surface area contributed by atoms with Crippen molar-refractivity contribution in [2.75, 3.05) is 12.0 Å². The Bertz CT molecular complexity index is 784.